The molecular formula is C17H13BrFN3O2. The van der Waals surface area contributed by atoms with Gasteiger partial charge in [0, 0.05) is 22.6 Å². The highest BCUT2D eigenvalue weighted by Gasteiger charge is 2.13. The second-order valence-electron chi connectivity index (χ2n) is 4.94. The zero-order valence-electron chi connectivity index (χ0n) is 12.7. The minimum absolute atomic E-state index is 0.355. The molecule has 5 nitrogen and oxygen atoms in total. The molecule has 3 aromatic rings. The summed E-state index contributed by atoms with van der Waals surface area (Å²) in [5, 5.41) is 2.67. The van der Waals surface area contributed by atoms with E-state index in [-0.39, 0.29) is 5.91 Å². The number of aromatic nitrogens is 2. The summed E-state index contributed by atoms with van der Waals surface area (Å²) in [5.74, 6) is -0.268. The molecule has 2 aromatic carbocycles. The Morgan fingerprint density at radius 3 is 2.79 bits per heavy atom. The van der Waals surface area contributed by atoms with Gasteiger partial charge in [-0.15, -0.1) is 0 Å². The second-order valence-corrected chi connectivity index (χ2v) is 5.79. The Labute approximate surface area is 146 Å². The highest BCUT2D eigenvalue weighted by atomic mass is 79.9. The van der Waals surface area contributed by atoms with Crippen molar-refractivity contribution < 1.29 is 13.9 Å². The first-order valence-corrected chi connectivity index (χ1v) is 7.80. The number of carbonyl (C=O) groups excluding carboxylic acids is 1. The Hall–Kier alpha value is -2.67. The number of nitrogens with one attached hydrogen (secondary N) is 1. The highest BCUT2D eigenvalue weighted by molar-refractivity contribution is 9.10. The monoisotopic (exact) mass is 389 g/mol. The third-order valence-corrected chi connectivity index (χ3v) is 4.10. The van der Waals surface area contributed by atoms with Crippen molar-refractivity contribution in [2.45, 2.75) is 0 Å². The summed E-state index contributed by atoms with van der Waals surface area (Å²) >= 11 is 3.33. The van der Waals surface area contributed by atoms with E-state index in [1.54, 1.807) is 47.3 Å². The van der Waals surface area contributed by atoms with Gasteiger partial charge in [-0.1, -0.05) is 0 Å². The van der Waals surface area contributed by atoms with Gasteiger partial charge in [-0.3, -0.25) is 4.79 Å². The van der Waals surface area contributed by atoms with E-state index >= 15 is 0 Å². The van der Waals surface area contributed by atoms with Crippen LogP contribution in [0.1, 0.15) is 10.4 Å². The predicted octanol–water partition coefficient (Wildman–Crippen LogP) is 4.03. The highest BCUT2D eigenvalue weighted by Crippen LogP contribution is 2.24. The lowest BCUT2D eigenvalue weighted by Gasteiger charge is -2.10. The molecule has 0 aliphatic heterocycles. The van der Waals surface area contributed by atoms with Gasteiger partial charge < -0.3 is 14.6 Å². The molecule has 0 aliphatic carbocycles. The van der Waals surface area contributed by atoms with Crippen molar-refractivity contribution in [2.75, 3.05) is 12.4 Å². The molecular weight excluding hydrogens is 377 g/mol. The lowest BCUT2D eigenvalue weighted by molar-refractivity contribution is 0.102. The molecule has 0 saturated carbocycles. The number of nitrogens with zero attached hydrogens (tertiary/aromatic N) is 2. The summed E-state index contributed by atoms with van der Waals surface area (Å²) in [6, 6.07) is 9.53. The van der Waals surface area contributed by atoms with Crippen LogP contribution in [0.3, 0.4) is 0 Å². The van der Waals surface area contributed by atoms with Crippen LogP contribution >= 0.6 is 15.9 Å². The van der Waals surface area contributed by atoms with Crippen LogP contribution in [0.2, 0.25) is 0 Å². The molecule has 0 aliphatic rings. The van der Waals surface area contributed by atoms with Crippen LogP contribution in [0.5, 0.6) is 5.75 Å². The van der Waals surface area contributed by atoms with Crippen molar-refractivity contribution in [3.63, 3.8) is 0 Å². The van der Waals surface area contributed by atoms with Gasteiger partial charge in [0.25, 0.3) is 5.91 Å². The van der Waals surface area contributed by atoms with Crippen LogP contribution in [-0.2, 0) is 0 Å². The molecule has 1 aromatic heterocycles. The largest absolute Gasteiger partial charge is 0.497 e. The summed E-state index contributed by atoms with van der Waals surface area (Å²) in [6.45, 7) is 0. The summed E-state index contributed by atoms with van der Waals surface area (Å²) in [5.41, 5.74) is 1.11. The number of hydrogen-bond acceptors (Lipinski definition) is 3. The van der Waals surface area contributed by atoms with E-state index in [1.165, 1.54) is 19.5 Å². The lowest BCUT2D eigenvalue weighted by Crippen LogP contribution is -2.13. The van der Waals surface area contributed by atoms with Crippen molar-refractivity contribution >= 4 is 27.5 Å². The molecule has 122 valence electrons. The number of halogens is 2. The minimum atomic E-state index is -0.462. The van der Waals surface area contributed by atoms with Gasteiger partial charge in [-0.25, -0.2) is 9.37 Å². The number of ether oxygens (including phenoxy) is 1. The van der Waals surface area contributed by atoms with Crippen LogP contribution in [0.4, 0.5) is 10.1 Å². The molecule has 1 N–H and O–H groups in total. The first kappa shape index (κ1) is 16.2. The first-order chi connectivity index (χ1) is 11.6. The molecule has 1 amide bonds. The molecule has 0 fully saturated rings. The number of benzene rings is 2. The third kappa shape index (κ3) is 3.30. The average molecular weight is 390 g/mol. The van der Waals surface area contributed by atoms with E-state index in [0.29, 0.717) is 27.2 Å². The molecule has 0 bridgehead atoms. The maximum absolute atomic E-state index is 14.2. The van der Waals surface area contributed by atoms with Crippen molar-refractivity contribution in [3.8, 4) is 11.4 Å². The zero-order chi connectivity index (χ0) is 17.1. The van der Waals surface area contributed by atoms with Crippen LogP contribution in [0.25, 0.3) is 5.69 Å². The number of amides is 1. The topological polar surface area (TPSA) is 56.1 Å². The van der Waals surface area contributed by atoms with Gasteiger partial charge in [0.05, 0.1) is 24.7 Å². The van der Waals surface area contributed by atoms with E-state index in [0.717, 1.165) is 0 Å². The number of carbonyl (C=O) groups is 1. The molecule has 3 rings (SSSR count). The van der Waals surface area contributed by atoms with Gasteiger partial charge >= 0.3 is 0 Å². The quantitative estimate of drug-likeness (QED) is 0.732. The smallest absolute Gasteiger partial charge is 0.256 e. The number of anilines is 1. The predicted molar refractivity (Wildman–Crippen MR) is 92.2 cm³/mol. The Morgan fingerprint density at radius 1 is 1.29 bits per heavy atom. The number of methoxy groups -OCH3 is 1. The molecule has 7 heteroatoms. The van der Waals surface area contributed by atoms with Crippen LogP contribution in [0, 0.1) is 5.82 Å². The fourth-order valence-corrected chi connectivity index (χ4v) is 2.63. The normalized spacial score (nSPS) is 10.5. The first-order valence-electron chi connectivity index (χ1n) is 7.01. The van der Waals surface area contributed by atoms with Crippen molar-refractivity contribution in [1.29, 1.82) is 0 Å². The standard InChI is InChI=1S/C17H13BrFN3O2/c1-24-12-3-4-14(18)13(9-12)17(23)21-11-2-5-16(15(19)8-11)22-7-6-20-10-22/h2-10H,1H3,(H,21,23). The minimum Gasteiger partial charge on any atom is -0.497 e. The van der Waals surface area contributed by atoms with Crippen molar-refractivity contribution in [1.82, 2.24) is 9.55 Å². The summed E-state index contributed by atoms with van der Waals surface area (Å²) in [6.07, 6.45) is 4.71. The van der Waals surface area contributed by atoms with Gasteiger partial charge in [0.1, 0.15) is 11.6 Å². The van der Waals surface area contributed by atoms with Crippen LogP contribution in [0.15, 0.2) is 59.6 Å². The second kappa shape index (κ2) is 6.84. The van der Waals surface area contributed by atoms with Gasteiger partial charge in [-0.2, -0.15) is 0 Å². The molecule has 24 heavy (non-hydrogen) atoms. The number of imidazole rings is 1. The third-order valence-electron chi connectivity index (χ3n) is 3.41. The molecule has 0 atom stereocenters. The van der Waals surface area contributed by atoms with E-state index < -0.39 is 5.82 Å². The van der Waals surface area contributed by atoms with E-state index in [4.69, 9.17) is 4.74 Å². The van der Waals surface area contributed by atoms with E-state index in [1.807, 2.05) is 0 Å². The fraction of sp³-hybridized carbons (Fsp3) is 0.0588. The van der Waals surface area contributed by atoms with Crippen LogP contribution in [-0.4, -0.2) is 22.6 Å². The SMILES string of the molecule is COc1ccc(Br)c(C(=O)Nc2ccc(-n3ccnc3)c(F)c2)c1. The summed E-state index contributed by atoms with van der Waals surface area (Å²) in [4.78, 5) is 16.3. The van der Waals surface area contributed by atoms with E-state index in [9.17, 15) is 9.18 Å². The van der Waals surface area contributed by atoms with Crippen LogP contribution < -0.4 is 10.1 Å². The lowest BCUT2D eigenvalue weighted by atomic mass is 10.2. The van der Waals surface area contributed by atoms with Gasteiger partial charge in [0.15, 0.2) is 0 Å². The Balaban J connectivity index is 1.84. The molecule has 0 saturated heterocycles. The average Bonchev–Trinajstić information content (AvgIpc) is 3.09. The van der Waals surface area contributed by atoms with Crippen molar-refractivity contribution in [2.24, 2.45) is 0 Å². The Bertz CT molecular complexity index is 882. The summed E-state index contributed by atoms with van der Waals surface area (Å²) in [7, 11) is 1.52. The Kier molecular flexibility index (Phi) is 4.61. The maximum atomic E-state index is 14.2. The van der Waals surface area contributed by atoms with E-state index in [2.05, 4.69) is 26.2 Å². The van der Waals surface area contributed by atoms with Crippen molar-refractivity contribution in [3.05, 3.63) is 71.0 Å². The molecule has 0 unspecified atom stereocenters. The summed E-state index contributed by atoms with van der Waals surface area (Å²) < 4.78 is 21.5. The molecule has 0 spiro atoms. The number of rotatable bonds is 4. The maximum Gasteiger partial charge on any atom is 0.256 e. The van der Waals surface area contributed by atoms with Gasteiger partial charge in [-0.05, 0) is 52.3 Å². The number of hydrogen-bond donors (Lipinski definition) is 1. The Morgan fingerprint density at radius 2 is 2.12 bits per heavy atom. The van der Waals surface area contributed by atoms with Gasteiger partial charge in [0.2, 0.25) is 0 Å². The zero-order valence-corrected chi connectivity index (χ0v) is 14.2. The molecule has 0 radical (unpaired) electrons. The fourth-order valence-electron chi connectivity index (χ4n) is 2.20. The molecule has 1 heterocycles.